The molecule has 1 amide bonds. The number of amides is 1. The number of hydrogen-bond acceptors (Lipinski definition) is 4. The monoisotopic (exact) mass is 465 g/mol. The maximum atomic E-state index is 14.4. The summed E-state index contributed by atoms with van der Waals surface area (Å²) in [5, 5.41) is 0. The predicted molar refractivity (Wildman–Crippen MR) is 126 cm³/mol. The zero-order valence-electron chi connectivity index (χ0n) is 19.1. The molecule has 2 N–H and O–H groups in total. The van der Waals surface area contributed by atoms with Crippen LogP contribution in [0.15, 0.2) is 35.3 Å². The minimum atomic E-state index is -0.554. The molecule has 0 aromatic heterocycles. The number of carbonyl (C=O) groups excluding carboxylic acids is 1. The number of hydrogen-bond donors (Lipinski definition) is 1. The van der Waals surface area contributed by atoms with Crippen molar-refractivity contribution in [2.75, 3.05) is 13.2 Å². The number of nitrogens with two attached hydrogens (primary N) is 1. The highest BCUT2D eigenvalue weighted by Crippen LogP contribution is 2.45. The fourth-order valence-corrected chi connectivity index (χ4v) is 6.27. The number of halogens is 2. The lowest BCUT2D eigenvalue weighted by Crippen LogP contribution is -2.53. The third kappa shape index (κ3) is 3.70. The smallest absolute Gasteiger partial charge is 0.249 e. The number of primary amides is 1. The van der Waals surface area contributed by atoms with Crippen LogP contribution in [-0.4, -0.2) is 41.8 Å². The molecule has 0 radical (unpaired) electrons. The normalized spacial score (nSPS) is 25.6. The summed E-state index contributed by atoms with van der Waals surface area (Å²) in [5.41, 5.74) is 9.64. The van der Waals surface area contributed by atoms with Crippen molar-refractivity contribution < 1.29 is 18.3 Å². The highest BCUT2D eigenvalue weighted by atomic mass is 19.1. The van der Waals surface area contributed by atoms with Crippen molar-refractivity contribution in [2.45, 2.75) is 62.9 Å². The van der Waals surface area contributed by atoms with Gasteiger partial charge < -0.3 is 10.5 Å². The highest BCUT2D eigenvalue weighted by Gasteiger charge is 2.39. The van der Waals surface area contributed by atoms with E-state index in [0.29, 0.717) is 36.1 Å². The van der Waals surface area contributed by atoms with Gasteiger partial charge in [0.15, 0.2) is 11.6 Å². The second kappa shape index (κ2) is 8.45. The van der Waals surface area contributed by atoms with Crippen LogP contribution in [0.1, 0.15) is 65.9 Å². The minimum Gasteiger partial charge on any atom is -0.489 e. The van der Waals surface area contributed by atoms with Crippen LogP contribution in [0.2, 0.25) is 0 Å². The van der Waals surface area contributed by atoms with Crippen LogP contribution in [0, 0.1) is 17.6 Å². The van der Waals surface area contributed by atoms with Gasteiger partial charge in [-0.05, 0) is 80.3 Å². The Bertz CT molecular complexity index is 1180. The van der Waals surface area contributed by atoms with Crippen LogP contribution < -0.4 is 10.5 Å². The molecule has 0 spiro atoms. The number of fused-ring (bicyclic) bond motifs is 4. The van der Waals surface area contributed by atoms with E-state index >= 15 is 0 Å². The van der Waals surface area contributed by atoms with Crippen molar-refractivity contribution in [1.82, 2.24) is 4.90 Å². The lowest BCUT2D eigenvalue weighted by Gasteiger charge is -2.46. The van der Waals surface area contributed by atoms with E-state index in [0.717, 1.165) is 49.9 Å². The molecule has 2 aliphatic carbocycles. The van der Waals surface area contributed by atoms with Gasteiger partial charge in [-0.2, -0.15) is 0 Å². The van der Waals surface area contributed by atoms with Crippen LogP contribution in [0.5, 0.6) is 5.75 Å². The van der Waals surface area contributed by atoms with Crippen LogP contribution >= 0.6 is 0 Å². The Labute approximate surface area is 198 Å². The molecule has 1 unspecified atom stereocenters. The Morgan fingerprint density at radius 2 is 2.00 bits per heavy atom. The molecule has 0 saturated heterocycles. The summed E-state index contributed by atoms with van der Waals surface area (Å²) < 4.78 is 34.2. The third-order valence-corrected chi connectivity index (χ3v) is 8.23. The lowest BCUT2D eigenvalue weighted by atomic mass is 9.76. The average Bonchev–Trinajstić information content (AvgIpc) is 3.14. The van der Waals surface area contributed by atoms with Crippen molar-refractivity contribution in [3.05, 3.63) is 58.7 Å². The van der Waals surface area contributed by atoms with E-state index in [2.05, 4.69) is 4.90 Å². The van der Waals surface area contributed by atoms with Crippen molar-refractivity contribution in [2.24, 2.45) is 16.6 Å². The molecule has 2 aliphatic heterocycles. The van der Waals surface area contributed by atoms with E-state index < -0.39 is 11.7 Å². The minimum absolute atomic E-state index is 0.0704. The Morgan fingerprint density at radius 1 is 1.15 bits per heavy atom. The summed E-state index contributed by atoms with van der Waals surface area (Å²) in [5.74, 6) is -0.371. The van der Waals surface area contributed by atoms with E-state index in [1.165, 1.54) is 30.3 Å². The van der Waals surface area contributed by atoms with Gasteiger partial charge in [0.05, 0.1) is 5.69 Å². The quantitative estimate of drug-likeness (QED) is 0.684. The summed E-state index contributed by atoms with van der Waals surface area (Å²) in [7, 11) is 0. The summed E-state index contributed by atoms with van der Waals surface area (Å²) in [6.07, 6.45) is 7.01. The van der Waals surface area contributed by atoms with Crippen LogP contribution in [-0.2, 0) is 6.42 Å². The molecule has 2 aromatic carbocycles. The topological polar surface area (TPSA) is 67.9 Å². The van der Waals surface area contributed by atoms with E-state index in [-0.39, 0.29) is 23.5 Å². The van der Waals surface area contributed by atoms with Gasteiger partial charge in [-0.25, -0.2) is 8.78 Å². The predicted octanol–water partition coefficient (Wildman–Crippen LogP) is 4.89. The van der Waals surface area contributed by atoms with Crippen LogP contribution in [0.4, 0.5) is 14.5 Å². The van der Waals surface area contributed by atoms with Crippen molar-refractivity contribution >= 4 is 17.3 Å². The average molecular weight is 466 g/mol. The van der Waals surface area contributed by atoms with E-state index in [4.69, 9.17) is 15.5 Å². The number of nitrogens with zero attached hydrogens (tertiary/aromatic N) is 2. The number of ether oxygens (including phenoxy) is 1. The van der Waals surface area contributed by atoms with Gasteiger partial charge >= 0.3 is 0 Å². The summed E-state index contributed by atoms with van der Waals surface area (Å²) in [4.78, 5) is 19.3. The molecule has 3 atom stereocenters. The fraction of sp³-hybridized carbons (Fsp3) is 0.481. The number of aliphatic imine (C=N–C) groups is 1. The van der Waals surface area contributed by atoms with Gasteiger partial charge in [-0.3, -0.25) is 14.7 Å². The summed E-state index contributed by atoms with van der Waals surface area (Å²) in [6.45, 7) is 1.32. The Hall–Kier alpha value is -2.80. The molecular formula is C27H29F2N3O2. The maximum absolute atomic E-state index is 14.4. The standard InChI is InChI=1S/C27H29F2N3O2/c28-16-5-9-25-21(11-16)20-10-15(4-8-24(20)31-25)13-32(17-2-1-3-17)18-12-22-19(27(30)33)6-7-23(29)26(22)34-14-18/h5-7,9,11,15,17-18,20H,1-4,8,10,12-14H2,(H2,30,33)/t15-,18+,20?/m1/s1. The number of carbonyl (C=O) groups is 1. The second-order valence-electron chi connectivity index (χ2n) is 10.2. The first-order valence-electron chi connectivity index (χ1n) is 12.3. The first kappa shape index (κ1) is 21.7. The van der Waals surface area contributed by atoms with Gasteiger partial charge in [0.1, 0.15) is 12.4 Å². The van der Waals surface area contributed by atoms with E-state index in [1.54, 1.807) is 12.1 Å². The summed E-state index contributed by atoms with van der Waals surface area (Å²) in [6, 6.07) is 8.19. The van der Waals surface area contributed by atoms with Gasteiger partial charge in [0, 0.05) is 41.4 Å². The molecule has 4 aliphatic rings. The van der Waals surface area contributed by atoms with Crippen LogP contribution in [0.25, 0.3) is 0 Å². The van der Waals surface area contributed by atoms with Crippen molar-refractivity contribution in [3.63, 3.8) is 0 Å². The Kier molecular flexibility index (Phi) is 5.40. The number of benzene rings is 2. The van der Waals surface area contributed by atoms with Gasteiger partial charge in [-0.15, -0.1) is 0 Å². The maximum Gasteiger partial charge on any atom is 0.249 e. The largest absolute Gasteiger partial charge is 0.489 e. The molecule has 0 bridgehead atoms. The molecule has 34 heavy (non-hydrogen) atoms. The van der Waals surface area contributed by atoms with Crippen molar-refractivity contribution in [1.29, 1.82) is 0 Å². The first-order chi connectivity index (χ1) is 16.5. The van der Waals surface area contributed by atoms with E-state index in [1.807, 2.05) is 0 Å². The summed E-state index contributed by atoms with van der Waals surface area (Å²) >= 11 is 0. The molecule has 2 saturated carbocycles. The molecule has 2 heterocycles. The van der Waals surface area contributed by atoms with Gasteiger partial charge in [0.2, 0.25) is 5.91 Å². The molecule has 5 nitrogen and oxygen atoms in total. The molecule has 2 fully saturated rings. The first-order valence-corrected chi connectivity index (χ1v) is 12.3. The van der Waals surface area contributed by atoms with E-state index in [9.17, 15) is 13.6 Å². The van der Waals surface area contributed by atoms with Crippen LogP contribution in [0.3, 0.4) is 0 Å². The zero-order chi connectivity index (χ0) is 23.4. The molecule has 178 valence electrons. The molecule has 2 aromatic rings. The Morgan fingerprint density at radius 3 is 2.76 bits per heavy atom. The van der Waals surface area contributed by atoms with Gasteiger partial charge in [0.25, 0.3) is 0 Å². The van der Waals surface area contributed by atoms with Gasteiger partial charge in [-0.1, -0.05) is 6.42 Å². The highest BCUT2D eigenvalue weighted by molar-refractivity contribution is 5.98. The van der Waals surface area contributed by atoms with Crippen molar-refractivity contribution in [3.8, 4) is 5.75 Å². The zero-order valence-corrected chi connectivity index (χ0v) is 19.1. The molecule has 6 rings (SSSR count). The lowest BCUT2D eigenvalue weighted by molar-refractivity contribution is 0.0270. The fourth-order valence-electron chi connectivity index (χ4n) is 6.27. The molecular weight excluding hydrogens is 436 g/mol. The Balaban J connectivity index is 1.23. The second-order valence-corrected chi connectivity index (χ2v) is 10.2. The third-order valence-electron chi connectivity index (χ3n) is 8.23. The SMILES string of the molecule is NC(=O)c1ccc(F)c2c1C[C@H](N(C[C@@H]1CCC3=Nc4ccc(F)cc4C3C1)C1CCC1)CO2. The number of rotatable bonds is 5. The molecule has 7 heteroatoms.